The Kier molecular flexibility index (Phi) is 22.4. The molecule has 1 aliphatic rings. The van der Waals surface area contributed by atoms with Gasteiger partial charge in [-0.2, -0.15) is 0 Å². The van der Waals surface area contributed by atoms with Crippen molar-refractivity contribution >= 4 is 5.69 Å². The molecule has 1 aromatic rings. The number of benzene rings is 1. The maximum atomic E-state index is 6.28. The molecule has 0 unspecified atom stereocenters. The molecule has 1 aliphatic carbocycles. The Morgan fingerprint density at radius 1 is 1.13 bits per heavy atom. The third kappa shape index (κ3) is 15.4. The van der Waals surface area contributed by atoms with Crippen molar-refractivity contribution < 1.29 is 15.4 Å². The van der Waals surface area contributed by atoms with Crippen molar-refractivity contribution in [2.75, 3.05) is 12.1 Å². The van der Waals surface area contributed by atoms with Crippen LogP contribution in [0.1, 0.15) is 92.4 Å². The number of allylic oxidation sites excluding steroid dienone is 8. The molecule has 0 saturated heterocycles. The van der Waals surface area contributed by atoms with E-state index in [0.717, 1.165) is 42.0 Å². The predicted molar refractivity (Wildman–Crippen MR) is 169 cm³/mol. The molecular formula is C34H54N2O3. The summed E-state index contributed by atoms with van der Waals surface area (Å²) in [5.41, 5.74) is 16.0. The molecule has 0 fully saturated rings. The van der Waals surface area contributed by atoms with Crippen LogP contribution >= 0.6 is 0 Å². The second-order valence-electron chi connectivity index (χ2n) is 9.32. The highest BCUT2D eigenvalue weighted by Gasteiger charge is 2.09. The monoisotopic (exact) mass is 538 g/mol. The summed E-state index contributed by atoms with van der Waals surface area (Å²) < 4.78 is 0. The van der Waals surface area contributed by atoms with Crippen LogP contribution in [-0.4, -0.2) is 17.1 Å². The first-order valence-electron chi connectivity index (χ1n) is 14.5. The Labute approximate surface area is 238 Å². The van der Waals surface area contributed by atoms with Gasteiger partial charge in [0.1, 0.15) is 0 Å². The van der Waals surface area contributed by atoms with E-state index in [1.165, 1.54) is 44.1 Å². The molecule has 0 bridgehead atoms. The van der Waals surface area contributed by atoms with E-state index >= 15 is 0 Å². The van der Waals surface area contributed by atoms with Crippen molar-refractivity contribution in [1.82, 2.24) is 0 Å². The van der Waals surface area contributed by atoms with E-state index in [9.17, 15) is 0 Å². The van der Waals surface area contributed by atoms with Crippen LogP contribution in [0.2, 0.25) is 0 Å². The quantitative estimate of drug-likeness (QED) is 0.0772. The van der Waals surface area contributed by atoms with Crippen LogP contribution in [0.4, 0.5) is 5.69 Å². The molecule has 0 aliphatic heterocycles. The maximum Gasteiger partial charge on any atom is 0.1000 e. The molecule has 0 amide bonds. The van der Waals surface area contributed by atoms with Gasteiger partial charge in [-0.05, 0) is 75.1 Å². The number of nitrogens with two attached hydrogens (primary N) is 1. The summed E-state index contributed by atoms with van der Waals surface area (Å²) in [6, 6.07) is 9.86. The third-order valence-electron chi connectivity index (χ3n) is 6.78. The molecule has 0 spiro atoms. The summed E-state index contributed by atoms with van der Waals surface area (Å²) in [7, 11) is 0. The fourth-order valence-corrected chi connectivity index (χ4v) is 4.50. The number of hydrogen-bond donors (Lipinski definition) is 4. The van der Waals surface area contributed by atoms with Crippen LogP contribution in [0.5, 0.6) is 0 Å². The van der Waals surface area contributed by atoms with Crippen molar-refractivity contribution in [3.05, 3.63) is 101 Å². The molecule has 2 rings (SSSR count). The zero-order valence-electron chi connectivity index (χ0n) is 25.1. The van der Waals surface area contributed by atoms with Crippen molar-refractivity contribution in [2.45, 2.75) is 92.4 Å². The molecule has 0 saturated carbocycles. The Bertz CT molecular complexity index is 927. The average Bonchev–Trinajstić information content (AvgIpc) is 3.00. The van der Waals surface area contributed by atoms with Crippen LogP contribution in [0.25, 0.3) is 0 Å². The minimum absolute atomic E-state index is 0.410. The van der Waals surface area contributed by atoms with Gasteiger partial charge in [0, 0.05) is 11.3 Å². The van der Waals surface area contributed by atoms with Crippen LogP contribution in [0, 0.1) is 5.92 Å². The SMILES string of the molecule is C=C/C(N)=C(\C=C/CC1=CC/C(=C\CC[C@@H](CC)CCC)CC1)C(=C\C)/CONc1ccccc1.CC.OO. The largest absolute Gasteiger partial charge is 0.398 e. The molecule has 1 aromatic carbocycles. The van der Waals surface area contributed by atoms with Gasteiger partial charge in [0.05, 0.1) is 12.3 Å². The maximum absolute atomic E-state index is 6.28. The van der Waals surface area contributed by atoms with Crippen LogP contribution in [0.15, 0.2) is 101 Å². The summed E-state index contributed by atoms with van der Waals surface area (Å²) >= 11 is 0. The molecule has 218 valence electrons. The minimum Gasteiger partial charge on any atom is -0.398 e. The first-order chi connectivity index (χ1) is 19.1. The Balaban J connectivity index is 0.00000344. The normalized spacial score (nSPS) is 15.8. The van der Waals surface area contributed by atoms with Gasteiger partial charge in [0.25, 0.3) is 0 Å². The number of hydrogen-bond acceptors (Lipinski definition) is 5. The van der Waals surface area contributed by atoms with Gasteiger partial charge in [-0.3, -0.25) is 20.8 Å². The van der Waals surface area contributed by atoms with Gasteiger partial charge in [0.2, 0.25) is 0 Å². The van der Waals surface area contributed by atoms with Gasteiger partial charge in [0.15, 0.2) is 0 Å². The van der Waals surface area contributed by atoms with Gasteiger partial charge in [-0.15, -0.1) is 0 Å². The summed E-state index contributed by atoms with van der Waals surface area (Å²) in [5, 5.41) is 12.0. The molecular weight excluding hydrogens is 484 g/mol. The molecule has 0 heterocycles. The number of anilines is 1. The molecule has 0 aromatic heterocycles. The van der Waals surface area contributed by atoms with E-state index in [1.807, 2.05) is 57.2 Å². The topological polar surface area (TPSA) is 87.7 Å². The molecule has 39 heavy (non-hydrogen) atoms. The highest BCUT2D eigenvalue weighted by Crippen LogP contribution is 2.27. The summed E-state index contributed by atoms with van der Waals surface area (Å²) in [5.74, 6) is 0.892. The minimum atomic E-state index is 0.410. The highest BCUT2D eigenvalue weighted by molar-refractivity contribution is 5.46. The van der Waals surface area contributed by atoms with Gasteiger partial charge < -0.3 is 5.73 Å². The third-order valence-corrected chi connectivity index (χ3v) is 6.78. The van der Waals surface area contributed by atoms with Crippen LogP contribution in [0.3, 0.4) is 0 Å². The van der Waals surface area contributed by atoms with Gasteiger partial charge >= 0.3 is 0 Å². The molecule has 5 heteroatoms. The van der Waals surface area contributed by atoms with Crippen molar-refractivity contribution in [1.29, 1.82) is 0 Å². The van der Waals surface area contributed by atoms with E-state index in [1.54, 1.807) is 11.6 Å². The molecule has 1 atom stereocenters. The van der Waals surface area contributed by atoms with Crippen LogP contribution in [-0.2, 0) is 4.84 Å². The van der Waals surface area contributed by atoms with Crippen LogP contribution < -0.4 is 11.2 Å². The second kappa shape index (κ2) is 24.2. The fraction of sp³-hybridized carbons (Fsp3) is 0.471. The van der Waals surface area contributed by atoms with E-state index in [4.69, 9.17) is 21.1 Å². The first kappa shape index (κ1) is 36.1. The summed E-state index contributed by atoms with van der Waals surface area (Å²) in [4.78, 5) is 5.73. The zero-order chi connectivity index (χ0) is 29.3. The summed E-state index contributed by atoms with van der Waals surface area (Å²) in [6.45, 7) is 14.9. The lowest BCUT2D eigenvalue weighted by Crippen LogP contribution is -2.09. The van der Waals surface area contributed by atoms with Crippen molar-refractivity contribution in [3.63, 3.8) is 0 Å². The second-order valence-corrected chi connectivity index (χ2v) is 9.32. The lowest BCUT2D eigenvalue weighted by Gasteiger charge is -2.16. The molecule has 0 radical (unpaired) electrons. The Morgan fingerprint density at radius 2 is 1.85 bits per heavy atom. The Morgan fingerprint density at radius 3 is 2.41 bits per heavy atom. The number of rotatable bonds is 15. The number of para-hydroxylation sites is 1. The smallest absolute Gasteiger partial charge is 0.1000 e. The predicted octanol–water partition coefficient (Wildman–Crippen LogP) is 10.0. The van der Waals surface area contributed by atoms with E-state index in [0.29, 0.717) is 12.3 Å². The first-order valence-corrected chi connectivity index (χ1v) is 14.5. The average molecular weight is 539 g/mol. The fourth-order valence-electron chi connectivity index (χ4n) is 4.50. The lowest BCUT2D eigenvalue weighted by molar-refractivity contribution is -0.176. The van der Waals surface area contributed by atoms with Gasteiger partial charge in [-0.1, -0.05) is 113 Å². The summed E-state index contributed by atoms with van der Waals surface area (Å²) in [6.07, 6.45) is 24.0. The zero-order valence-corrected chi connectivity index (χ0v) is 25.1. The van der Waals surface area contributed by atoms with Crippen molar-refractivity contribution in [3.8, 4) is 0 Å². The Hall–Kier alpha value is -2.86. The van der Waals surface area contributed by atoms with Crippen molar-refractivity contribution in [2.24, 2.45) is 11.7 Å². The molecule has 5 nitrogen and oxygen atoms in total. The van der Waals surface area contributed by atoms with E-state index in [-0.39, 0.29) is 0 Å². The van der Waals surface area contributed by atoms with E-state index < -0.39 is 0 Å². The van der Waals surface area contributed by atoms with Gasteiger partial charge in [-0.25, -0.2) is 0 Å². The van der Waals surface area contributed by atoms with E-state index in [2.05, 4.69) is 50.2 Å². The highest BCUT2D eigenvalue weighted by atomic mass is 17.0. The standard InChI is InChI=1S/C32H46N2O.C2H6.H2O2/c1-5-14-26(6-2)15-12-16-27-21-23-28(24-22-27)17-13-20-31(32(33)8-4)29(7-3)25-35-34-30-18-10-9-11-19-30;2*1-2/h7-11,13,16,18-20,23,26,34H,4-6,12,14-15,17,21-22,24-25,33H2,1-3H3;1-2H3;1-2H/b20-13-,27-16+,29-7-,32-31-;;/t26-;;/m0../s1. The number of nitrogens with one attached hydrogen (secondary N) is 1. The lowest BCUT2D eigenvalue weighted by atomic mass is 9.90. The molecule has 5 N–H and O–H groups in total.